The minimum Gasteiger partial charge on any atom is -0.351 e. The molecule has 0 saturated heterocycles. The lowest BCUT2D eigenvalue weighted by atomic mass is 10.1. The molecule has 0 spiro atoms. The average Bonchev–Trinajstić information content (AvgIpc) is 2.99. The summed E-state index contributed by atoms with van der Waals surface area (Å²) in [7, 11) is 0. The Morgan fingerprint density at radius 1 is 1.13 bits per heavy atom. The molecule has 0 unspecified atom stereocenters. The van der Waals surface area contributed by atoms with E-state index >= 15 is 0 Å². The number of hydrogen-bond acceptors (Lipinski definition) is 3. The summed E-state index contributed by atoms with van der Waals surface area (Å²) in [5.41, 5.74) is 2.25. The van der Waals surface area contributed by atoms with Gasteiger partial charge in [-0.2, -0.15) is 0 Å². The number of benzene rings is 2. The maximum atomic E-state index is 12.1. The number of non-ortho nitro benzene ring substituents is 1. The van der Waals surface area contributed by atoms with E-state index < -0.39 is 4.92 Å². The molecule has 0 aliphatic heterocycles. The first-order chi connectivity index (χ1) is 11.1. The van der Waals surface area contributed by atoms with Gasteiger partial charge in [-0.3, -0.25) is 14.9 Å². The van der Waals surface area contributed by atoms with E-state index in [9.17, 15) is 14.9 Å². The fraction of sp³-hybridized carbons (Fsp3) is 0.118. The molecule has 2 N–H and O–H groups in total. The number of nitrogens with one attached hydrogen (secondary N) is 2. The molecule has 0 atom stereocenters. The number of aromatic amines is 1. The highest BCUT2D eigenvalue weighted by atomic mass is 16.6. The van der Waals surface area contributed by atoms with Crippen LogP contribution in [0.25, 0.3) is 10.9 Å². The van der Waals surface area contributed by atoms with Crippen LogP contribution in [-0.2, 0) is 6.42 Å². The fourth-order valence-corrected chi connectivity index (χ4v) is 2.42. The molecule has 0 radical (unpaired) electrons. The molecule has 3 aromatic rings. The van der Waals surface area contributed by atoms with E-state index in [0.717, 1.165) is 12.0 Å². The first-order valence-corrected chi connectivity index (χ1v) is 7.23. The number of carbonyl (C=O) groups excluding carboxylic acids is 1. The van der Waals surface area contributed by atoms with E-state index in [1.165, 1.54) is 12.1 Å². The summed E-state index contributed by atoms with van der Waals surface area (Å²) in [4.78, 5) is 25.4. The second-order valence-electron chi connectivity index (χ2n) is 5.20. The van der Waals surface area contributed by atoms with E-state index in [-0.39, 0.29) is 11.6 Å². The van der Waals surface area contributed by atoms with Gasteiger partial charge in [-0.25, -0.2) is 0 Å². The standard InChI is InChI=1S/C17H15N3O3/c21-17(18-9-8-12-4-2-1-3-5-12)16-11-13-10-14(20(22)23)6-7-15(13)19-16/h1-7,10-11,19H,8-9H2,(H,18,21). The Hall–Kier alpha value is -3.15. The Kier molecular flexibility index (Phi) is 4.05. The van der Waals surface area contributed by atoms with Crippen LogP contribution in [-0.4, -0.2) is 22.4 Å². The van der Waals surface area contributed by atoms with Crippen LogP contribution in [0.15, 0.2) is 54.6 Å². The second-order valence-corrected chi connectivity index (χ2v) is 5.20. The molecule has 6 nitrogen and oxygen atoms in total. The highest BCUT2D eigenvalue weighted by molar-refractivity contribution is 5.98. The zero-order chi connectivity index (χ0) is 16.2. The Labute approximate surface area is 132 Å². The van der Waals surface area contributed by atoms with Crippen LogP contribution in [0.1, 0.15) is 16.1 Å². The highest BCUT2D eigenvalue weighted by Gasteiger charge is 2.12. The predicted octanol–water partition coefficient (Wildman–Crippen LogP) is 3.05. The Morgan fingerprint density at radius 2 is 1.91 bits per heavy atom. The summed E-state index contributed by atoms with van der Waals surface area (Å²) in [6.07, 6.45) is 0.748. The number of carbonyl (C=O) groups is 1. The molecule has 0 fully saturated rings. The van der Waals surface area contributed by atoms with Crippen molar-refractivity contribution in [3.8, 4) is 0 Å². The van der Waals surface area contributed by atoms with Gasteiger partial charge in [0.1, 0.15) is 5.69 Å². The number of fused-ring (bicyclic) bond motifs is 1. The molecule has 2 aromatic carbocycles. The van der Waals surface area contributed by atoms with Crippen LogP contribution in [0.2, 0.25) is 0 Å². The number of nitro groups is 1. The minimum atomic E-state index is -0.452. The molecular weight excluding hydrogens is 294 g/mol. The first kappa shape index (κ1) is 14.8. The predicted molar refractivity (Wildman–Crippen MR) is 87.4 cm³/mol. The molecule has 6 heteroatoms. The topological polar surface area (TPSA) is 88.0 Å². The van der Waals surface area contributed by atoms with Crippen molar-refractivity contribution in [3.63, 3.8) is 0 Å². The summed E-state index contributed by atoms with van der Waals surface area (Å²) in [6, 6.07) is 16.0. The summed E-state index contributed by atoms with van der Waals surface area (Å²) in [5.74, 6) is -0.222. The number of aromatic nitrogens is 1. The molecule has 1 aromatic heterocycles. The zero-order valence-electron chi connectivity index (χ0n) is 12.3. The molecule has 3 rings (SSSR count). The van der Waals surface area contributed by atoms with Crippen molar-refractivity contribution in [3.05, 3.63) is 76.0 Å². The van der Waals surface area contributed by atoms with Crippen LogP contribution in [0.4, 0.5) is 5.69 Å². The van der Waals surface area contributed by atoms with Crippen LogP contribution < -0.4 is 5.32 Å². The Morgan fingerprint density at radius 3 is 2.65 bits per heavy atom. The third kappa shape index (κ3) is 3.37. The number of nitrogens with zero attached hydrogens (tertiary/aromatic N) is 1. The monoisotopic (exact) mass is 309 g/mol. The van der Waals surface area contributed by atoms with Crippen molar-refractivity contribution in [2.45, 2.75) is 6.42 Å². The fourth-order valence-electron chi connectivity index (χ4n) is 2.42. The molecule has 0 aliphatic rings. The second kappa shape index (κ2) is 6.31. The highest BCUT2D eigenvalue weighted by Crippen LogP contribution is 2.21. The van der Waals surface area contributed by atoms with E-state index in [1.807, 2.05) is 30.3 Å². The maximum absolute atomic E-state index is 12.1. The quantitative estimate of drug-likeness (QED) is 0.561. The smallest absolute Gasteiger partial charge is 0.270 e. The van der Waals surface area contributed by atoms with Crippen molar-refractivity contribution in [1.29, 1.82) is 0 Å². The van der Waals surface area contributed by atoms with Gasteiger partial charge < -0.3 is 10.3 Å². The van der Waals surface area contributed by atoms with E-state index in [2.05, 4.69) is 10.3 Å². The van der Waals surface area contributed by atoms with Crippen molar-refractivity contribution in [2.75, 3.05) is 6.54 Å². The lowest BCUT2D eigenvalue weighted by molar-refractivity contribution is -0.384. The average molecular weight is 309 g/mol. The Balaban J connectivity index is 1.67. The molecule has 0 bridgehead atoms. The Bertz CT molecular complexity index is 856. The van der Waals surface area contributed by atoms with Crippen LogP contribution in [0, 0.1) is 10.1 Å². The van der Waals surface area contributed by atoms with E-state index in [1.54, 1.807) is 12.1 Å². The third-order valence-electron chi connectivity index (χ3n) is 3.60. The van der Waals surface area contributed by atoms with Gasteiger partial charge in [0.05, 0.1) is 4.92 Å². The number of hydrogen-bond donors (Lipinski definition) is 2. The van der Waals surface area contributed by atoms with Gasteiger partial charge in [0.2, 0.25) is 0 Å². The van der Waals surface area contributed by atoms with Gasteiger partial charge >= 0.3 is 0 Å². The molecule has 0 aliphatic carbocycles. The van der Waals surface area contributed by atoms with Gasteiger partial charge in [-0.1, -0.05) is 30.3 Å². The summed E-state index contributed by atoms with van der Waals surface area (Å²) >= 11 is 0. The van der Waals surface area contributed by atoms with Gasteiger partial charge in [0.15, 0.2) is 0 Å². The number of rotatable bonds is 5. The normalized spacial score (nSPS) is 10.6. The lowest BCUT2D eigenvalue weighted by Gasteiger charge is -2.03. The van der Waals surface area contributed by atoms with Crippen molar-refractivity contribution in [1.82, 2.24) is 10.3 Å². The summed E-state index contributed by atoms with van der Waals surface area (Å²) in [5, 5.41) is 14.3. The van der Waals surface area contributed by atoms with Crippen molar-refractivity contribution in [2.24, 2.45) is 0 Å². The van der Waals surface area contributed by atoms with Gasteiger partial charge in [-0.15, -0.1) is 0 Å². The van der Waals surface area contributed by atoms with E-state index in [4.69, 9.17) is 0 Å². The number of nitro benzene ring substituents is 1. The van der Waals surface area contributed by atoms with Crippen molar-refractivity contribution >= 4 is 22.5 Å². The number of amides is 1. The molecule has 0 saturated carbocycles. The largest absolute Gasteiger partial charge is 0.351 e. The SMILES string of the molecule is O=C(NCCc1ccccc1)c1cc2cc([N+](=O)[O-])ccc2[nH]1. The van der Waals surface area contributed by atoms with Crippen LogP contribution >= 0.6 is 0 Å². The molecule has 1 heterocycles. The summed E-state index contributed by atoms with van der Waals surface area (Å²) < 4.78 is 0. The molecule has 116 valence electrons. The molecule has 1 amide bonds. The summed E-state index contributed by atoms with van der Waals surface area (Å²) in [6.45, 7) is 0.526. The van der Waals surface area contributed by atoms with Crippen molar-refractivity contribution < 1.29 is 9.72 Å². The maximum Gasteiger partial charge on any atom is 0.270 e. The third-order valence-corrected chi connectivity index (χ3v) is 3.60. The van der Waals surface area contributed by atoms with Gasteiger partial charge in [0.25, 0.3) is 11.6 Å². The molecular formula is C17H15N3O3. The van der Waals surface area contributed by atoms with Crippen LogP contribution in [0.5, 0.6) is 0 Å². The first-order valence-electron chi connectivity index (χ1n) is 7.23. The number of H-pyrrole nitrogens is 1. The van der Waals surface area contributed by atoms with Gasteiger partial charge in [0, 0.05) is 29.6 Å². The van der Waals surface area contributed by atoms with E-state index in [0.29, 0.717) is 23.1 Å². The zero-order valence-corrected chi connectivity index (χ0v) is 12.3. The van der Waals surface area contributed by atoms with Crippen LogP contribution in [0.3, 0.4) is 0 Å². The van der Waals surface area contributed by atoms with Gasteiger partial charge in [-0.05, 0) is 24.1 Å². The molecule has 23 heavy (non-hydrogen) atoms. The minimum absolute atomic E-state index is 0.00698. The lowest BCUT2D eigenvalue weighted by Crippen LogP contribution is -2.25.